The molecule has 2 amide bonds. The zero-order chi connectivity index (χ0) is 18.7. The minimum Gasteiger partial charge on any atom is -0.352 e. The highest BCUT2D eigenvalue weighted by Gasteiger charge is 2.24. The summed E-state index contributed by atoms with van der Waals surface area (Å²) >= 11 is 7.54. The Balaban J connectivity index is 1.59. The van der Waals surface area contributed by atoms with Crippen molar-refractivity contribution in [3.63, 3.8) is 0 Å². The summed E-state index contributed by atoms with van der Waals surface area (Å²) in [6.45, 7) is 2.03. The third kappa shape index (κ3) is 4.59. The molecule has 0 unspecified atom stereocenters. The number of rotatable bonds is 7. The lowest BCUT2D eigenvalue weighted by Gasteiger charge is -2.17. The van der Waals surface area contributed by atoms with Gasteiger partial charge in [-0.1, -0.05) is 29.4 Å². The zero-order valence-corrected chi connectivity index (χ0v) is 16.3. The maximum atomic E-state index is 12.3. The van der Waals surface area contributed by atoms with Crippen LogP contribution in [0.15, 0.2) is 35.7 Å². The second kappa shape index (κ2) is 8.14. The third-order valence-corrected chi connectivity index (χ3v) is 5.54. The number of imidazole rings is 1. The predicted molar refractivity (Wildman–Crippen MR) is 103 cm³/mol. The molecule has 1 aromatic heterocycles. The molecule has 1 N–H and O–H groups in total. The van der Waals surface area contributed by atoms with Gasteiger partial charge in [0.15, 0.2) is 5.16 Å². The van der Waals surface area contributed by atoms with Gasteiger partial charge in [-0.05, 0) is 37.5 Å². The van der Waals surface area contributed by atoms with Crippen molar-refractivity contribution in [2.24, 2.45) is 0 Å². The van der Waals surface area contributed by atoms with E-state index in [1.807, 2.05) is 35.9 Å². The molecular weight excluding hydrogens is 372 g/mol. The van der Waals surface area contributed by atoms with E-state index in [9.17, 15) is 9.59 Å². The molecule has 1 heterocycles. The summed E-state index contributed by atoms with van der Waals surface area (Å²) in [5, 5.41) is 4.28. The van der Waals surface area contributed by atoms with Gasteiger partial charge in [-0.3, -0.25) is 14.2 Å². The second-order valence-corrected chi connectivity index (χ2v) is 7.69. The van der Waals surface area contributed by atoms with Crippen LogP contribution in [-0.4, -0.2) is 51.7 Å². The summed E-state index contributed by atoms with van der Waals surface area (Å²) in [6, 6.07) is 5.99. The number of benzene rings is 1. The maximum Gasteiger partial charge on any atom is 0.239 e. The lowest BCUT2D eigenvalue weighted by molar-refractivity contribution is -0.132. The number of hydrogen-bond donors (Lipinski definition) is 1. The van der Waals surface area contributed by atoms with Crippen molar-refractivity contribution >= 4 is 35.2 Å². The number of halogens is 1. The lowest BCUT2D eigenvalue weighted by Crippen LogP contribution is -2.39. The molecule has 0 bridgehead atoms. The molecule has 1 aliphatic carbocycles. The monoisotopic (exact) mass is 392 g/mol. The van der Waals surface area contributed by atoms with E-state index in [4.69, 9.17) is 11.6 Å². The molecule has 2 aromatic rings. The molecule has 1 aliphatic rings. The molecule has 0 spiro atoms. The van der Waals surface area contributed by atoms with Gasteiger partial charge in [0.1, 0.15) is 0 Å². The van der Waals surface area contributed by atoms with Gasteiger partial charge in [0.2, 0.25) is 11.8 Å². The standard InChI is InChI=1S/C18H21ClN4O2S/c1-12-14(19)4-3-5-15(12)23-9-8-20-18(23)26-11-17(25)22(2)10-16(24)21-13-6-7-13/h3-5,8-9,13H,6-7,10-11H2,1-2H3,(H,21,24). The largest absolute Gasteiger partial charge is 0.352 e. The molecule has 138 valence electrons. The van der Waals surface area contributed by atoms with Crippen LogP contribution in [0.25, 0.3) is 5.69 Å². The average Bonchev–Trinajstić information content (AvgIpc) is 3.29. The summed E-state index contributed by atoms with van der Waals surface area (Å²) < 4.78 is 1.92. The fourth-order valence-electron chi connectivity index (χ4n) is 2.48. The first-order valence-corrected chi connectivity index (χ1v) is 9.77. The Morgan fingerprint density at radius 1 is 1.42 bits per heavy atom. The van der Waals surface area contributed by atoms with Gasteiger partial charge in [-0.2, -0.15) is 0 Å². The number of nitrogens with one attached hydrogen (secondary N) is 1. The summed E-state index contributed by atoms with van der Waals surface area (Å²) in [5.74, 6) is -0.00757. The molecule has 0 atom stereocenters. The van der Waals surface area contributed by atoms with Crippen LogP contribution in [0.2, 0.25) is 5.02 Å². The van der Waals surface area contributed by atoms with E-state index in [0.717, 1.165) is 24.1 Å². The number of thioether (sulfide) groups is 1. The predicted octanol–water partition coefficient (Wildman–Crippen LogP) is 2.66. The number of nitrogens with zero attached hydrogens (tertiary/aromatic N) is 3. The van der Waals surface area contributed by atoms with E-state index in [0.29, 0.717) is 16.2 Å². The van der Waals surface area contributed by atoms with E-state index in [2.05, 4.69) is 10.3 Å². The molecular formula is C18H21ClN4O2S. The van der Waals surface area contributed by atoms with Gasteiger partial charge in [0.25, 0.3) is 0 Å². The van der Waals surface area contributed by atoms with Crippen molar-refractivity contribution in [3.05, 3.63) is 41.2 Å². The van der Waals surface area contributed by atoms with Gasteiger partial charge in [-0.25, -0.2) is 4.98 Å². The molecule has 0 aliphatic heterocycles. The van der Waals surface area contributed by atoms with Crippen LogP contribution in [0.5, 0.6) is 0 Å². The van der Waals surface area contributed by atoms with Crippen LogP contribution in [0.3, 0.4) is 0 Å². The molecule has 6 nitrogen and oxygen atoms in total. The number of likely N-dealkylation sites (N-methyl/N-ethyl adjacent to an activating group) is 1. The van der Waals surface area contributed by atoms with Crippen molar-refractivity contribution in [2.75, 3.05) is 19.3 Å². The summed E-state index contributed by atoms with van der Waals surface area (Å²) in [5.41, 5.74) is 1.89. The first kappa shape index (κ1) is 18.8. The lowest BCUT2D eigenvalue weighted by atomic mass is 10.2. The Labute approximate surface area is 161 Å². The number of carbonyl (C=O) groups is 2. The SMILES string of the molecule is Cc1c(Cl)cccc1-n1ccnc1SCC(=O)N(C)CC(=O)NC1CC1. The van der Waals surface area contributed by atoms with Crippen molar-refractivity contribution in [1.82, 2.24) is 19.8 Å². The van der Waals surface area contributed by atoms with E-state index in [1.54, 1.807) is 13.2 Å². The van der Waals surface area contributed by atoms with Gasteiger partial charge in [0.05, 0.1) is 18.0 Å². The minimum absolute atomic E-state index is 0.0811. The van der Waals surface area contributed by atoms with Gasteiger partial charge >= 0.3 is 0 Å². The highest BCUT2D eigenvalue weighted by molar-refractivity contribution is 7.99. The second-order valence-electron chi connectivity index (χ2n) is 6.34. The van der Waals surface area contributed by atoms with Crippen LogP contribution in [-0.2, 0) is 9.59 Å². The van der Waals surface area contributed by atoms with Crippen molar-refractivity contribution in [2.45, 2.75) is 31.0 Å². The maximum absolute atomic E-state index is 12.3. The molecule has 1 fully saturated rings. The van der Waals surface area contributed by atoms with E-state index in [1.165, 1.54) is 16.7 Å². The summed E-state index contributed by atoms with van der Waals surface area (Å²) in [4.78, 5) is 29.9. The number of amides is 2. The van der Waals surface area contributed by atoms with Crippen molar-refractivity contribution in [1.29, 1.82) is 0 Å². The molecule has 1 saturated carbocycles. The molecule has 1 aromatic carbocycles. The van der Waals surface area contributed by atoms with Gasteiger partial charge in [0, 0.05) is 30.5 Å². The number of hydrogen-bond acceptors (Lipinski definition) is 4. The van der Waals surface area contributed by atoms with E-state index in [-0.39, 0.29) is 24.1 Å². The Bertz CT molecular complexity index is 819. The van der Waals surface area contributed by atoms with Crippen molar-refractivity contribution < 1.29 is 9.59 Å². The van der Waals surface area contributed by atoms with E-state index >= 15 is 0 Å². The molecule has 8 heteroatoms. The quantitative estimate of drug-likeness (QED) is 0.735. The zero-order valence-electron chi connectivity index (χ0n) is 14.7. The molecule has 26 heavy (non-hydrogen) atoms. The average molecular weight is 393 g/mol. The minimum atomic E-state index is -0.113. The van der Waals surface area contributed by atoms with Crippen molar-refractivity contribution in [3.8, 4) is 5.69 Å². The fourth-order valence-corrected chi connectivity index (χ4v) is 3.55. The Morgan fingerprint density at radius 3 is 2.92 bits per heavy atom. The summed E-state index contributed by atoms with van der Waals surface area (Å²) in [6.07, 6.45) is 5.61. The number of aromatic nitrogens is 2. The third-order valence-electron chi connectivity index (χ3n) is 4.18. The van der Waals surface area contributed by atoms with E-state index < -0.39 is 0 Å². The smallest absolute Gasteiger partial charge is 0.239 e. The molecule has 0 radical (unpaired) electrons. The highest BCUT2D eigenvalue weighted by Crippen LogP contribution is 2.26. The summed E-state index contributed by atoms with van der Waals surface area (Å²) in [7, 11) is 1.64. The molecule has 3 rings (SSSR count). The fraction of sp³-hybridized carbons (Fsp3) is 0.389. The highest BCUT2D eigenvalue weighted by atomic mass is 35.5. The first-order valence-electron chi connectivity index (χ1n) is 8.40. The molecule has 0 saturated heterocycles. The van der Waals surface area contributed by atoms with Crippen LogP contribution in [0.4, 0.5) is 0 Å². The van der Waals surface area contributed by atoms with Crippen LogP contribution in [0, 0.1) is 6.92 Å². The van der Waals surface area contributed by atoms with Crippen LogP contribution in [0.1, 0.15) is 18.4 Å². The van der Waals surface area contributed by atoms with Crippen LogP contribution >= 0.6 is 23.4 Å². The normalized spacial score (nSPS) is 13.5. The Kier molecular flexibility index (Phi) is 5.88. The number of carbonyl (C=O) groups excluding carboxylic acids is 2. The Morgan fingerprint density at radius 2 is 2.19 bits per heavy atom. The van der Waals surface area contributed by atoms with Crippen LogP contribution < -0.4 is 5.32 Å². The topological polar surface area (TPSA) is 67.2 Å². The van der Waals surface area contributed by atoms with Gasteiger partial charge in [-0.15, -0.1) is 0 Å². The Hall–Kier alpha value is -1.99. The first-order chi connectivity index (χ1) is 12.5. The van der Waals surface area contributed by atoms with Gasteiger partial charge < -0.3 is 10.2 Å².